The fourth-order valence-electron chi connectivity index (χ4n) is 5.18. The van der Waals surface area contributed by atoms with E-state index in [9.17, 15) is 40.3 Å². The summed E-state index contributed by atoms with van der Waals surface area (Å²) in [4.78, 5) is 37.0. The van der Waals surface area contributed by atoms with Crippen LogP contribution in [0.3, 0.4) is 0 Å². The van der Waals surface area contributed by atoms with Crippen LogP contribution in [0.25, 0.3) is 0 Å². The van der Waals surface area contributed by atoms with Gasteiger partial charge in [-0.1, -0.05) is 6.07 Å². The van der Waals surface area contributed by atoms with Crippen molar-refractivity contribution >= 4 is 17.8 Å². The number of aromatic nitrogens is 2. The van der Waals surface area contributed by atoms with Gasteiger partial charge in [0.15, 0.2) is 0 Å². The first kappa shape index (κ1) is 30.7. The Labute approximate surface area is 236 Å². The normalized spacial score (nSPS) is 17.7. The number of nitrogen functional groups attached to an aromatic ring is 1. The van der Waals surface area contributed by atoms with Crippen LogP contribution in [0.1, 0.15) is 50.5 Å². The van der Waals surface area contributed by atoms with Crippen LogP contribution >= 0.6 is 0 Å². The zero-order valence-electron chi connectivity index (χ0n) is 22.4. The number of likely N-dealkylation sites (tertiary alicyclic amines) is 1. The highest BCUT2D eigenvalue weighted by atomic mass is 19.4. The number of hydrogen-bond acceptors (Lipinski definition) is 5. The Morgan fingerprint density at radius 1 is 1.00 bits per heavy atom. The van der Waals surface area contributed by atoms with Crippen LogP contribution < -0.4 is 5.73 Å². The number of rotatable bonds is 5. The maximum Gasteiger partial charge on any atom is 0.416 e. The number of anilines is 1. The van der Waals surface area contributed by atoms with E-state index < -0.39 is 59.5 Å². The summed E-state index contributed by atoms with van der Waals surface area (Å²) in [5, 5.41) is 0. The van der Waals surface area contributed by atoms with Crippen LogP contribution in [-0.4, -0.2) is 51.7 Å². The zero-order chi connectivity index (χ0) is 31.0. The fourth-order valence-corrected chi connectivity index (χ4v) is 5.18. The second-order valence-electron chi connectivity index (χ2n) is 10.2. The van der Waals surface area contributed by atoms with E-state index in [0.29, 0.717) is 23.3 Å². The highest BCUT2D eigenvalue weighted by Gasteiger charge is 2.40. The molecule has 2 N–H and O–H groups in total. The number of carbonyl (C=O) groups is 2. The van der Waals surface area contributed by atoms with Gasteiger partial charge >= 0.3 is 12.4 Å². The minimum Gasteiger partial charge on any atom is -0.368 e. The van der Waals surface area contributed by atoms with Gasteiger partial charge in [0, 0.05) is 50.9 Å². The maximum absolute atomic E-state index is 13.9. The Morgan fingerprint density at radius 3 is 2.14 bits per heavy atom. The van der Waals surface area contributed by atoms with Gasteiger partial charge in [-0.3, -0.25) is 9.59 Å². The van der Waals surface area contributed by atoms with Crippen molar-refractivity contribution in [3.05, 3.63) is 88.0 Å². The predicted octanol–water partition coefficient (Wildman–Crippen LogP) is 5.45. The van der Waals surface area contributed by atoms with E-state index >= 15 is 0 Å². The lowest BCUT2D eigenvalue weighted by atomic mass is 9.78. The SMILES string of the molecule is Cc1cc(F)ccc1C1CN(C(=O)c2cnc(N)nc2)CCC1C(=O)N(C)Cc1cc(C(F)(F)F)cc(C(F)(F)F)c1. The molecule has 3 aromatic rings. The van der Waals surface area contributed by atoms with Crippen molar-refractivity contribution in [3.63, 3.8) is 0 Å². The Balaban J connectivity index is 1.63. The molecule has 2 unspecified atom stereocenters. The minimum atomic E-state index is -5.03. The molecule has 0 saturated carbocycles. The highest BCUT2D eigenvalue weighted by molar-refractivity contribution is 5.94. The van der Waals surface area contributed by atoms with Gasteiger partial charge in [0.1, 0.15) is 5.82 Å². The van der Waals surface area contributed by atoms with E-state index in [0.717, 1.165) is 4.90 Å². The monoisotopic (exact) mass is 597 g/mol. The lowest BCUT2D eigenvalue weighted by molar-refractivity contribution is -0.143. The molecule has 2 amide bonds. The highest BCUT2D eigenvalue weighted by Crippen LogP contribution is 2.38. The van der Waals surface area contributed by atoms with E-state index in [1.54, 1.807) is 6.92 Å². The number of nitrogens with zero attached hydrogens (tertiary/aromatic N) is 4. The summed E-state index contributed by atoms with van der Waals surface area (Å²) >= 11 is 0. The Bertz CT molecular complexity index is 1440. The van der Waals surface area contributed by atoms with Crippen LogP contribution in [0.2, 0.25) is 0 Å². The van der Waals surface area contributed by atoms with E-state index in [1.165, 1.54) is 42.5 Å². The van der Waals surface area contributed by atoms with Gasteiger partial charge in [-0.2, -0.15) is 26.3 Å². The van der Waals surface area contributed by atoms with Gasteiger partial charge in [0.05, 0.1) is 16.7 Å². The zero-order valence-corrected chi connectivity index (χ0v) is 22.4. The van der Waals surface area contributed by atoms with Crippen molar-refractivity contribution in [3.8, 4) is 0 Å². The Kier molecular flexibility index (Phi) is 8.46. The largest absolute Gasteiger partial charge is 0.416 e. The van der Waals surface area contributed by atoms with E-state index in [-0.39, 0.29) is 42.7 Å². The quantitative estimate of drug-likeness (QED) is 0.395. The summed E-state index contributed by atoms with van der Waals surface area (Å²) in [6, 6.07) is 5.17. The predicted molar refractivity (Wildman–Crippen MR) is 137 cm³/mol. The summed E-state index contributed by atoms with van der Waals surface area (Å²) < 4.78 is 94.0. The molecule has 1 fully saturated rings. The average molecular weight is 598 g/mol. The molecule has 1 saturated heterocycles. The maximum atomic E-state index is 13.9. The van der Waals surface area contributed by atoms with Gasteiger partial charge in [0.25, 0.3) is 5.91 Å². The third kappa shape index (κ3) is 6.80. The molecular weight excluding hydrogens is 571 g/mol. The Hall–Kier alpha value is -4.23. The summed E-state index contributed by atoms with van der Waals surface area (Å²) in [6.07, 6.45) is -7.41. The third-order valence-corrected chi connectivity index (χ3v) is 7.21. The topological polar surface area (TPSA) is 92.4 Å². The summed E-state index contributed by atoms with van der Waals surface area (Å²) in [5.41, 5.74) is 3.43. The van der Waals surface area contributed by atoms with Crippen LogP contribution in [0, 0.1) is 18.7 Å². The van der Waals surface area contributed by atoms with E-state index in [1.807, 2.05) is 0 Å². The number of piperidine rings is 1. The number of alkyl halides is 6. The first-order valence-electron chi connectivity index (χ1n) is 12.7. The van der Waals surface area contributed by atoms with Gasteiger partial charge in [0.2, 0.25) is 11.9 Å². The Morgan fingerprint density at radius 2 is 1.60 bits per heavy atom. The molecule has 2 heterocycles. The number of hydrogen-bond donors (Lipinski definition) is 1. The molecule has 42 heavy (non-hydrogen) atoms. The molecule has 0 spiro atoms. The van der Waals surface area contributed by atoms with Gasteiger partial charge in [-0.05, 0) is 60.4 Å². The van der Waals surface area contributed by atoms with E-state index in [4.69, 9.17) is 5.73 Å². The molecule has 1 aromatic heterocycles. The fraction of sp³-hybridized carbons (Fsp3) is 0.357. The molecular formula is C28H26F7N5O2. The third-order valence-electron chi connectivity index (χ3n) is 7.21. The summed E-state index contributed by atoms with van der Waals surface area (Å²) in [5.74, 6) is -2.97. The minimum absolute atomic E-state index is 0.0253. The average Bonchev–Trinajstić information content (AvgIpc) is 2.91. The first-order chi connectivity index (χ1) is 19.5. The molecule has 1 aliphatic heterocycles. The molecule has 2 aromatic carbocycles. The lowest BCUT2D eigenvalue weighted by Gasteiger charge is -2.40. The van der Waals surface area contributed by atoms with Gasteiger partial charge < -0.3 is 15.5 Å². The lowest BCUT2D eigenvalue weighted by Crippen LogP contribution is -2.47. The molecule has 7 nitrogen and oxygen atoms in total. The van der Waals surface area contributed by atoms with Crippen LogP contribution in [0.4, 0.5) is 36.7 Å². The number of benzene rings is 2. The van der Waals surface area contributed by atoms with Crippen molar-refractivity contribution in [2.75, 3.05) is 25.9 Å². The standard InChI is InChI=1S/C28H26F7N5O2/c1-15-7-20(29)3-4-21(15)23-14-40(24(41)17-11-37-26(36)38-12-17)6-5-22(23)25(42)39(2)13-16-8-18(27(30,31)32)10-19(9-16)28(33,34)35/h3-4,7-12,22-23H,5-6,13-14H2,1-2H3,(H2,36,37,38). The molecule has 0 aliphatic carbocycles. The molecule has 4 rings (SSSR count). The summed E-state index contributed by atoms with van der Waals surface area (Å²) in [6.45, 7) is 1.26. The number of aryl methyl sites for hydroxylation is 1. The van der Waals surface area contributed by atoms with E-state index in [2.05, 4.69) is 9.97 Å². The number of carbonyl (C=O) groups excluding carboxylic acids is 2. The number of nitrogens with two attached hydrogens (primary N) is 1. The second-order valence-corrected chi connectivity index (χ2v) is 10.2. The molecule has 224 valence electrons. The smallest absolute Gasteiger partial charge is 0.368 e. The molecule has 0 radical (unpaired) electrons. The van der Waals surface area contributed by atoms with Gasteiger partial charge in [-0.25, -0.2) is 14.4 Å². The van der Waals surface area contributed by atoms with Crippen LogP contribution in [0.15, 0.2) is 48.8 Å². The number of halogens is 7. The van der Waals surface area contributed by atoms with Crippen molar-refractivity contribution in [1.82, 2.24) is 19.8 Å². The van der Waals surface area contributed by atoms with Crippen LogP contribution in [0.5, 0.6) is 0 Å². The first-order valence-corrected chi connectivity index (χ1v) is 12.7. The second kappa shape index (κ2) is 11.6. The summed E-state index contributed by atoms with van der Waals surface area (Å²) in [7, 11) is 1.29. The van der Waals surface area contributed by atoms with Gasteiger partial charge in [-0.15, -0.1) is 0 Å². The van der Waals surface area contributed by atoms with Crippen molar-refractivity contribution < 1.29 is 40.3 Å². The number of amides is 2. The molecule has 2 atom stereocenters. The van der Waals surface area contributed by atoms with Crippen molar-refractivity contribution in [1.29, 1.82) is 0 Å². The van der Waals surface area contributed by atoms with Crippen LogP contribution in [-0.2, 0) is 23.7 Å². The molecule has 1 aliphatic rings. The molecule has 14 heteroatoms. The van der Waals surface area contributed by atoms with Crippen molar-refractivity contribution in [2.24, 2.45) is 5.92 Å². The van der Waals surface area contributed by atoms with Crippen molar-refractivity contribution in [2.45, 2.75) is 38.2 Å². The molecule has 0 bridgehead atoms.